The Morgan fingerprint density at radius 1 is 1.05 bits per heavy atom. The van der Waals surface area contributed by atoms with Crippen LogP contribution in [-0.4, -0.2) is 30.6 Å². The van der Waals surface area contributed by atoms with Gasteiger partial charge in [-0.1, -0.05) is 60.7 Å². The van der Waals surface area contributed by atoms with Gasteiger partial charge in [0.25, 0.3) is 0 Å². The van der Waals surface area contributed by atoms with Gasteiger partial charge in [-0.15, -0.1) is 0 Å². The predicted octanol–water partition coefficient (Wildman–Crippen LogP) is 3.41. The van der Waals surface area contributed by atoms with Crippen molar-refractivity contribution in [1.82, 2.24) is 4.90 Å². The summed E-state index contributed by atoms with van der Waals surface area (Å²) in [6, 6.07) is 20.7. The lowest BCUT2D eigenvalue weighted by atomic mass is 9.96. The van der Waals surface area contributed by atoms with Gasteiger partial charge in [-0.3, -0.25) is 9.69 Å². The van der Waals surface area contributed by atoms with Crippen molar-refractivity contribution in [2.24, 2.45) is 0 Å². The highest BCUT2D eigenvalue weighted by Gasteiger charge is 2.37. The number of nitrogens with zero attached hydrogens (tertiary/aromatic N) is 1. The minimum atomic E-state index is -0.157. The molecule has 0 amide bonds. The zero-order chi connectivity index (χ0) is 15.4. The smallest absolute Gasteiger partial charge is 0.323 e. The molecule has 1 fully saturated rings. The van der Waals surface area contributed by atoms with Crippen LogP contribution in [0.2, 0.25) is 0 Å². The molecule has 0 radical (unpaired) electrons. The van der Waals surface area contributed by atoms with Gasteiger partial charge in [0, 0.05) is 6.54 Å². The first-order chi connectivity index (χ1) is 10.8. The molecule has 3 heteroatoms. The molecule has 0 unspecified atom stereocenters. The van der Waals surface area contributed by atoms with Gasteiger partial charge >= 0.3 is 5.97 Å². The normalized spacial score (nSPS) is 18.5. The number of rotatable bonds is 4. The van der Waals surface area contributed by atoms with Gasteiger partial charge in [0.2, 0.25) is 0 Å². The Bertz CT molecular complexity index is 572. The summed E-state index contributed by atoms with van der Waals surface area (Å²) in [6.45, 7) is 0.911. The average molecular weight is 295 g/mol. The third-order valence-corrected chi connectivity index (χ3v) is 4.33. The first-order valence-electron chi connectivity index (χ1n) is 7.74. The van der Waals surface area contributed by atoms with Crippen LogP contribution in [0.5, 0.6) is 0 Å². The van der Waals surface area contributed by atoms with Crippen molar-refractivity contribution in [3.8, 4) is 0 Å². The summed E-state index contributed by atoms with van der Waals surface area (Å²) >= 11 is 0. The van der Waals surface area contributed by atoms with Crippen LogP contribution in [0.4, 0.5) is 0 Å². The monoisotopic (exact) mass is 295 g/mol. The lowest BCUT2D eigenvalue weighted by Gasteiger charge is -2.32. The maximum absolute atomic E-state index is 12.1. The zero-order valence-electron chi connectivity index (χ0n) is 12.8. The largest absolute Gasteiger partial charge is 0.468 e. The predicted molar refractivity (Wildman–Crippen MR) is 86.5 cm³/mol. The van der Waals surface area contributed by atoms with Gasteiger partial charge in [0.1, 0.15) is 6.04 Å². The summed E-state index contributed by atoms with van der Waals surface area (Å²) in [7, 11) is 1.47. The highest BCUT2D eigenvalue weighted by molar-refractivity contribution is 5.76. The third kappa shape index (κ3) is 2.90. The molecule has 0 aliphatic carbocycles. The van der Waals surface area contributed by atoms with E-state index in [0.29, 0.717) is 0 Å². The topological polar surface area (TPSA) is 29.5 Å². The second kappa shape index (κ2) is 6.75. The van der Waals surface area contributed by atoms with Crippen molar-refractivity contribution in [2.45, 2.75) is 24.9 Å². The van der Waals surface area contributed by atoms with Gasteiger partial charge in [0.15, 0.2) is 0 Å². The summed E-state index contributed by atoms with van der Waals surface area (Å²) in [5.41, 5.74) is 2.43. The highest BCUT2D eigenvalue weighted by atomic mass is 16.5. The summed E-state index contributed by atoms with van der Waals surface area (Å²) in [5, 5.41) is 0. The summed E-state index contributed by atoms with van der Waals surface area (Å²) in [4.78, 5) is 14.4. The third-order valence-electron chi connectivity index (χ3n) is 4.33. The minimum absolute atomic E-state index is 0.0917. The molecule has 114 valence electrons. The fraction of sp³-hybridized carbons (Fsp3) is 0.316. The molecule has 0 aromatic heterocycles. The molecule has 1 heterocycles. The van der Waals surface area contributed by atoms with E-state index in [1.807, 2.05) is 12.1 Å². The second-order valence-electron chi connectivity index (χ2n) is 5.64. The Kier molecular flexibility index (Phi) is 4.54. The number of carbonyl (C=O) groups excluding carboxylic acids is 1. The molecule has 1 aliphatic heterocycles. The van der Waals surface area contributed by atoms with E-state index >= 15 is 0 Å². The Balaban J connectivity index is 2.00. The van der Waals surface area contributed by atoms with E-state index in [0.717, 1.165) is 19.4 Å². The lowest BCUT2D eigenvalue weighted by molar-refractivity contribution is -0.146. The standard InChI is InChI=1S/C19H21NO2/c1-22-19(21)17-13-8-14-20(17)18(15-9-4-2-5-10-15)16-11-6-3-7-12-16/h2-7,9-12,17-18H,8,13-14H2,1H3/t17-/m0/s1. The molecule has 3 nitrogen and oxygen atoms in total. The first-order valence-corrected chi connectivity index (χ1v) is 7.74. The maximum atomic E-state index is 12.1. The minimum Gasteiger partial charge on any atom is -0.468 e. The molecule has 0 bridgehead atoms. The fourth-order valence-corrected chi connectivity index (χ4v) is 3.33. The van der Waals surface area contributed by atoms with Crippen LogP contribution >= 0.6 is 0 Å². The fourth-order valence-electron chi connectivity index (χ4n) is 3.33. The van der Waals surface area contributed by atoms with Crippen LogP contribution < -0.4 is 0 Å². The number of esters is 1. The van der Waals surface area contributed by atoms with Crippen LogP contribution in [0, 0.1) is 0 Å². The first kappa shape index (κ1) is 14.8. The SMILES string of the molecule is COC(=O)[C@@H]1CCCN1C(c1ccccc1)c1ccccc1. The van der Waals surface area contributed by atoms with Crippen LogP contribution in [0.15, 0.2) is 60.7 Å². The molecule has 0 N–H and O–H groups in total. The lowest BCUT2D eigenvalue weighted by Crippen LogP contribution is -2.39. The van der Waals surface area contributed by atoms with Crippen molar-refractivity contribution in [1.29, 1.82) is 0 Å². The Labute approximate surface area is 131 Å². The molecule has 0 spiro atoms. The molecule has 1 atom stereocenters. The van der Waals surface area contributed by atoms with Crippen LogP contribution in [0.25, 0.3) is 0 Å². The number of benzene rings is 2. The van der Waals surface area contributed by atoms with Gasteiger partial charge in [0.05, 0.1) is 13.2 Å². The van der Waals surface area contributed by atoms with E-state index in [-0.39, 0.29) is 18.1 Å². The van der Waals surface area contributed by atoms with Crippen molar-refractivity contribution in [2.75, 3.05) is 13.7 Å². The molecule has 2 aromatic carbocycles. The molecule has 1 saturated heterocycles. The summed E-state index contributed by atoms with van der Waals surface area (Å²) in [5.74, 6) is -0.130. The number of hydrogen-bond acceptors (Lipinski definition) is 3. The van der Waals surface area contributed by atoms with Gasteiger partial charge in [-0.2, -0.15) is 0 Å². The van der Waals surface area contributed by atoms with E-state index in [2.05, 4.69) is 53.4 Å². The molecule has 1 aliphatic rings. The number of carbonyl (C=O) groups is 1. The van der Waals surface area contributed by atoms with E-state index in [9.17, 15) is 4.79 Å². The zero-order valence-corrected chi connectivity index (χ0v) is 12.8. The quantitative estimate of drug-likeness (QED) is 0.810. The van der Waals surface area contributed by atoms with Crippen molar-refractivity contribution in [3.63, 3.8) is 0 Å². The van der Waals surface area contributed by atoms with Gasteiger partial charge < -0.3 is 4.74 Å². The van der Waals surface area contributed by atoms with Crippen molar-refractivity contribution in [3.05, 3.63) is 71.8 Å². The van der Waals surface area contributed by atoms with Gasteiger partial charge in [-0.05, 0) is 24.0 Å². The van der Waals surface area contributed by atoms with E-state index in [1.54, 1.807) is 0 Å². The van der Waals surface area contributed by atoms with Crippen LogP contribution in [-0.2, 0) is 9.53 Å². The average Bonchev–Trinajstić information content (AvgIpc) is 3.06. The number of likely N-dealkylation sites (tertiary alicyclic amines) is 1. The maximum Gasteiger partial charge on any atom is 0.323 e. The number of ether oxygens (including phenoxy) is 1. The Morgan fingerprint density at radius 3 is 2.09 bits per heavy atom. The molecule has 0 saturated carbocycles. The van der Waals surface area contributed by atoms with Gasteiger partial charge in [-0.25, -0.2) is 0 Å². The number of hydrogen-bond donors (Lipinski definition) is 0. The van der Waals surface area contributed by atoms with Crippen molar-refractivity contribution >= 4 is 5.97 Å². The molecule has 3 rings (SSSR count). The Morgan fingerprint density at radius 2 is 1.59 bits per heavy atom. The second-order valence-corrected chi connectivity index (χ2v) is 5.64. The highest BCUT2D eigenvalue weighted by Crippen LogP contribution is 2.34. The van der Waals surface area contributed by atoms with Crippen LogP contribution in [0.3, 0.4) is 0 Å². The molecule has 2 aromatic rings. The number of methoxy groups -OCH3 is 1. The Hall–Kier alpha value is -2.13. The van der Waals surface area contributed by atoms with E-state index < -0.39 is 0 Å². The van der Waals surface area contributed by atoms with E-state index in [4.69, 9.17) is 4.74 Å². The molecular formula is C19H21NO2. The molecular weight excluding hydrogens is 274 g/mol. The van der Waals surface area contributed by atoms with Crippen molar-refractivity contribution < 1.29 is 9.53 Å². The summed E-state index contributed by atoms with van der Waals surface area (Å²) < 4.78 is 5.01. The molecule has 22 heavy (non-hydrogen) atoms. The van der Waals surface area contributed by atoms with E-state index in [1.165, 1.54) is 18.2 Å². The summed E-state index contributed by atoms with van der Waals surface area (Å²) in [6.07, 6.45) is 1.89. The van der Waals surface area contributed by atoms with Crippen LogP contribution in [0.1, 0.15) is 30.0 Å².